The number of carbonyl (C=O) groups excluding carboxylic acids is 3. The number of anilines is 2. The Morgan fingerprint density at radius 3 is 2.74 bits per heavy atom. The van der Waals surface area contributed by atoms with E-state index in [9.17, 15) is 14.4 Å². The normalized spacial score (nSPS) is 19.2. The summed E-state index contributed by atoms with van der Waals surface area (Å²) in [5.74, 6) is -1.47. The predicted octanol–water partition coefficient (Wildman–Crippen LogP) is -0.781. The molecule has 1 heterocycles. The lowest BCUT2D eigenvalue weighted by Crippen LogP contribution is -2.57. The highest BCUT2D eigenvalue weighted by Gasteiger charge is 2.31. The third kappa shape index (κ3) is 2.22. The number of carbonyl (C=O) groups is 3. The molecule has 1 unspecified atom stereocenters. The second kappa shape index (κ2) is 4.60. The van der Waals surface area contributed by atoms with Crippen LogP contribution in [0.1, 0.15) is 17.3 Å². The summed E-state index contributed by atoms with van der Waals surface area (Å²) < 4.78 is 0. The largest absolute Gasteiger partial charge is 0.396 e. The molecule has 100 valence electrons. The van der Waals surface area contributed by atoms with Crippen molar-refractivity contribution in [3.63, 3.8) is 0 Å². The van der Waals surface area contributed by atoms with Gasteiger partial charge in [-0.3, -0.25) is 19.7 Å². The Labute approximate surface area is 109 Å². The second-order valence-corrected chi connectivity index (χ2v) is 4.32. The first kappa shape index (κ1) is 12.9. The molecule has 1 aromatic rings. The zero-order valence-corrected chi connectivity index (χ0v) is 10.3. The SMILES string of the molecule is CC1C(=O)NC(=O)CN1c1cccc(C(N)=O)c1N. The van der Waals surface area contributed by atoms with Crippen molar-refractivity contribution in [1.82, 2.24) is 5.32 Å². The molecular weight excluding hydrogens is 248 g/mol. The van der Waals surface area contributed by atoms with Gasteiger partial charge in [0, 0.05) is 0 Å². The first-order chi connectivity index (χ1) is 8.91. The van der Waals surface area contributed by atoms with E-state index in [1.54, 1.807) is 24.0 Å². The second-order valence-electron chi connectivity index (χ2n) is 4.32. The average molecular weight is 262 g/mol. The summed E-state index contributed by atoms with van der Waals surface area (Å²) in [6.45, 7) is 1.65. The Hall–Kier alpha value is -2.57. The molecule has 1 saturated heterocycles. The van der Waals surface area contributed by atoms with Crippen molar-refractivity contribution in [3.8, 4) is 0 Å². The van der Waals surface area contributed by atoms with Crippen molar-refractivity contribution < 1.29 is 14.4 Å². The zero-order chi connectivity index (χ0) is 14.2. The van der Waals surface area contributed by atoms with E-state index in [2.05, 4.69) is 5.32 Å². The number of hydrogen-bond donors (Lipinski definition) is 3. The zero-order valence-electron chi connectivity index (χ0n) is 10.3. The van der Waals surface area contributed by atoms with Gasteiger partial charge in [0.15, 0.2) is 0 Å². The van der Waals surface area contributed by atoms with Gasteiger partial charge in [0.25, 0.3) is 5.91 Å². The van der Waals surface area contributed by atoms with Crippen LogP contribution in [0.3, 0.4) is 0 Å². The van der Waals surface area contributed by atoms with Crippen molar-refractivity contribution in [2.45, 2.75) is 13.0 Å². The molecule has 0 aromatic heterocycles. The maximum Gasteiger partial charge on any atom is 0.250 e. The van der Waals surface area contributed by atoms with Crippen LogP contribution in [-0.4, -0.2) is 30.3 Å². The maximum atomic E-state index is 11.6. The van der Waals surface area contributed by atoms with Crippen molar-refractivity contribution in [3.05, 3.63) is 23.8 Å². The summed E-state index contributed by atoms with van der Waals surface area (Å²) in [4.78, 5) is 35.8. The Bertz CT molecular complexity index is 570. The Morgan fingerprint density at radius 1 is 1.42 bits per heavy atom. The summed E-state index contributed by atoms with van der Waals surface area (Å²) in [7, 11) is 0. The number of piperazine rings is 1. The lowest BCUT2D eigenvalue weighted by atomic mass is 10.1. The van der Waals surface area contributed by atoms with Crippen LogP contribution in [-0.2, 0) is 9.59 Å². The van der Waals surface area contributed by atoms with E-state index in [1.165, 1.54) is 6.07 Å². The first-order valence-corrected chi connectivity index (χ1v) is 5.70. The van der Waals surface area contributed by atoms with Gasteiger partial charge in [-0.05, 0) is 19.1 Å². The average Bonchev–Trinajstić information content (AvgIpc) is 2.34. The fraction of sp³-hybridized carbons (Fsp3) is 0.250. The highest BCUT2D eigenvalue weighted by molar-refractivity contribution is 6.06. The molecule has 19 heavy (non-hydrogen) atoms. The molecule has 1 aromatic carbocycles. The van der Waals surface area contributed by atoms with Gasteiger partial charge in [0.05, 0.1) is 23.5 Å². The van der Waals surface area contributed by atoms with Gasteiger partial charge in [0.1, 0.15) is 6.04 Å². The molecule has 0 aliphatic carbocycles. The number of nitrogens with one attached hydrogen (secondary N) is 1. The number of imide groups is 1. The minimum atomic E-state index is -0.653. The van der Waals surface area contributed by atoms with Gasteiger partial charge in [-0.25, -0.2) is 0 Å². The molecular formula is C12H14N4O3. The van der Waals surface area contributed by atoms with Crippen LogP contribution < -0.4 is 21.7 Å². The quantitative estimate of drug-likeness (QED) is 0.477. The van der Waals surface area contributed by atoms with E-state index < -0.39 is 23.8 Å². The van der Waals surface area contributed by atoms with Crippen molar-refractivity contribution in [2.24, 2.45) is 5.73 Å². The molecule has 0 spiro atoms. The third-order valence-electron chi connectivity index (χ3n) is 3.08. The van der Waals surface area contributed by atoms with Crippen LogP contribution in [0.5, 0.6) is 0 Å². The van der Waals surface area contributed by atoms with Gasteiger partial charge in [-0.15, -0.1) is 0 Å². The van der Waals surface area contributed by atoms with E-state index in [-0.39, 0.29) is 17.8 Å². The number of hydrogen-bond acceptors (Lipinski definition) is 5. The molecule has 7 nitrogen and oxygen atoms in total. The minimum absolute atomic E-state index is 0.000673. The highest BCUT2D eigenvalue weighted by Crippen LogP contribution is 2.28. The fourth-order valence-corrected chi connectivity index (χ4v) is 2.03. The minimum Gasteiger partial charge on any atom is -0.396 e. The number of nitrogen functional groups attached to an aromatic ring is 1. The van der Waals surface area contributed by atoms with Crippen LogP contribution in [0.15, 0.2) is 18.2 Å². The van der Waals surface area contributed by atoms with Crippen molar-refractivity contribution >= 4 is 29.1 Å². The highest BCUT2D eigenvalue weighted by atomic mass is 16.2. The van der Waals surface area contributed by atoms with Crippen molar-refractivity contribution in [1.29, 1.82) is 0 Å². The monoisotopic (exact) mass is 262 g/mol. The summed E-state index contributed by atoms with van der Waals surface area (Å²) in [6, 6.07) is 4.19. The molecule has 0 bridgehead atoms. The molecule has 7 heteroatoms. The van der Waals surface area contributed by atoms with Crippen LogP contribution >= 0.6 is 0 Å². The first-order valence-electron chi connectivity index (χ1n) is 5.70. The number of rotatable bonds is 2. The van der Waals surface area contributed by atoms with Gasteiger partial charge >= 0.3 is 0 Å². The topological polar surface area (TPSA) is 119 Å². The summed E-state index contributed by atoms with van der Waals surface area (Å²) in [5.41, 5.74) is 11.9. The molecule has 3 amide bonds. The van der Waals surface area contributed by atoms with Gasteiger partial charge in [-0.1, -0.05) is 6.07 Å². The van der Waals surface area contributed by atoms with E-state index in [0.29, 0.717) is 5.69 Å². The summed E-state index contributed by atoms with van der Waals surface area (Å²) >= 11 is 0. The Kier molecular flexibility index (Phi) is 3.12. The summed E-state index contributed by atoms with van der Waals surface area (Å²) in [5, 5.41) is 2.23. The van der Waals surface area contributed by atoms with Crippen LogP contribution in [0.4, 0.5) is 11.4 Å². The van der Waals surface area contributed by atoms with E-state index >= 15 is 0 Å². The number of primary amides is 1. The van der Waals surface area contributed by atoms with Crippen molar-refractivity contribution in [2.75, 3.05) is 17.2 Å². The van der Waals surface area contributed by atoms with Crippen LogP contribution in [0, 0.1) is 0 Å². The Morgan fingerprint density at radius 2 is 2.11 bits per heavy atom. The number of para-hydroxylation sites is 1. The van der Waals surface area contributed by atoms with E-state index in [1.807, 2.05) is 0 Å². The molecule has 2 rings (SSSR count). The van der Waals surface area contributed by atoms with Gasteiger partial charge in [-0.2, -0.15) is 0 Å². The van der Waals surface area contributed by atoms with Crippen LogP contribution in [0.25, 0.3) is 0 Å². The summed E-state index contributed by atoms with van der Waals surface area (Å²) in [6.07, 6.45) is 0. The molecule has 0 radical (unpaired) electrons. The lowest BCUT2D eigenvalue weighted by molar-refractivity contribution is -0.132. The molecule has 5 N–H and O–H groups in total. The lowest BCUT2D eigenvalue weighted by Gasteiger charge is -2.34. The fourth-order valence-electron chi connectivity index (χ4n) is 2.03. The number of amides is 3. The Balaban J connectivity index is 2.46. The number of nitrogens with zero attached hydrogens (tertiary/aromatic N) is 1. The van der Waals surface area contributed by atoms with Gasteiger partial charge in [0.2, 0.25) is 11.8 Å². The standard InChI is InChI=1S/C12H14N4O3/c1-6-12(19)15-9(17)5-16(6)8-4-2-3-7(10(8)13)11(14)18/h2-4,6H,5,13H2,1H3,(H2,14,18)(H,15,17,19). The van der Waals surface area contributed by atoms with Gasteiger partial charge < -0.3 is 16.4 Å². The maximum absolute atomic E-state index is 11.6. The van der Waals surface area contributed by atoms with E-state index in [0.717, 1.165) is 0 Å². The smallest absolute Gasteiger partial charge is 0.250 e. The predicted molar refractivity (Wildman–Crippen MR) is 69.3 cm³/mol. The number of benzene rings is 1. The third-order valence-corrected chi connectivity index (χ3v) is 3.08. The van der Waals surface area contributed by atoms with Crippen LogP contribution in [0.2, 0.25) is 0 Å². The molecule has 0 saturated carbocycles. The molecule has 1 aliphatic rings. The molecule has 1 fully saturated rings. The van der Waals surface area contributed by atoms with E-state index in [4.69, 9.17) is 11.5 Å². The molecule has 1 aliphatic heterocycles. The number of nitrogens with two attached hydrogens (primary N) is 2. The molecule has 1 atom stereocenters.